The van der Waals surface area contributed by atoms with Gasteiger partial charge in [0.15, 0.2) is 6.10 Å². The van der Waals surface area contributed by atoms with Crippen LogP contribution in [0.3, 0.4) is 0 Å². The fourth-order valence-electron chi connectivity index (χ4n) is 2.45. The first-order chi connectivity index (χ1) is 10.1. The third-order valence-corrected chi connectivity index (χ3v) is 3.55. The zero-order chi connectivity index (χ0) is 15.2. The molecule has 0 bridgehead atoms. The van der Waals surface area contributed by atoms with Crippen molar-refractivity contribution >= 4 is 11.9 Å². The summed E-state index contributed by atoms with van der Waals surface area (Å²) in [6.45, 7) is 6.46. The van der Waals surface area contributed by atoms with Crippen molar-refractivity contribution in [3.05, 3.63) is 35.9 Å². The molecular formula is C17H24N2O2. The molecule has 1 heterocycles. The Hall–Kier alpha value is -1.84. The zero-order valence-electron chi connectivity index (χ0n) is 13.0. The van der Waals surface area contributed by atoms with Crippen molar-refractivity contribution in [3.63, 3.8) is 0 Å². The lowest BCUT2D eigenvalue weighted by Gasteiger charge is -2.13. The lowest BCUT2D eigenvalue weighted by Crippen LogP contribution is -2.26. The number of carbonyl (C=O) groups excluding carboxylic acids is 1. The molecule has 0 aliphatic carbocycles. The number of rotatable bonds is 6. The van der Waals surface area contributed by atoms with Crippen molar-refractivity contribution in [3.8, 4) is 0 Å². The smallest absolute Gasteiger partial charge is 0.292 e. The molecule has 1 aromatic carbocycles. The van der Waals surface area contributed by atoms with Gasteiger partial charge in [-0.2, -0.15) is 0 Å². The second-order valence-electron chi connectivity index (χ2n) is 5.91. The van der Waals surface area contributed by atoms with Crippen molar-refractivity contribution in [2.24, 2.45) is 10.9 Å². The van der Waals surface area contributed by atoms with E-state index in [1.807, 2.05) is 30.3 Å². The maximum absolute atomic E-state index is 12.0. The molecule has 2 rings (SSSR count). The van der Waals surface area contributed by atoms with Crippen LogP contribution in [0.1, 0.15) is 39.2 Å². The molecule has 1 N–H and O–H groups in total. The van der Waals surface area contributed by atoms with Crippen LogP contribution in [0, 0.1) is 5.92 Å². The van der Waals surface area contributed by atoms with Crippen molar-refractivity contribution in [2.75, 3.05) is 0 Å². The SMILES string of the molecule is CCC(CC(C)C)N=C1NC(=O)C(Cc2ccccc2)O1. The summed E-state index contributed by atoms with van der Waals surface area (Å²) in [5.74, 6) is 0.480. The van der Waals surface area contributed by atoms with E-state index in [4.69, 9.17) is 4.74 Å². The number of aliphatic imine (C=N–C) groups is 1. The van der Waals surface area contributed by atoms with Crippen molar-refractivity contribution in [1.29, 1.82) is 0 Å². The van der Waals surface area contributed by atoms with E-state index in [1.165, 1.54) is 0 Å². The van der Waals surface area contributed by atoms with Crippen LogP contribution in [-0.2, 0) is 16.0 Å². The molecule has 1 saturated heterocycles. The minimum absolute atomic E-state index is 0.1000. The van der Waals surface area contributed by atoms with Crippen LogP contribution >= 0.6 is 0 Å². The van der Waals surface area contributed by atoms with Crippen molar-refractivity contribution in [1.82, 2.24) is 5.32 Å². The van der Waals surface area contributed by atoms with Gasteiger partial charge in [0.2, 0.25) is 0 Å². The Labute approximate surface area is 126 Å². The highest BCUT2D eigenvalue weighted by atomic mass is 16.5. The minimum Gasteiger partial charge on any atom is -0.451 e. The monoisotopic (exact) mass is 288 g/mol. The summed E-state index contributed by atoms with van der Waals surface area (Å²) in [7, 11) is 0. The summed E-state index contributed by atoms with van der Waals surface area (Å²) in [5.41, 5.74) is 1.09. The number of nitrogens with zero attached hydrogens (tertiary/aromatic N) is 1. The van der Waals surface area contributed by atoms with Crippen LogP contribution in [0.25, 0.3) is 0 Å². The maximum atomic E-state index is 12.0. The number of ether oxygens (including phenoxy) is 1. The molecule has 1 amide bonds. The highest BCUT2D eigenvalue weighted by Crippen LogP contribution is 2.15. The Morgan fingerprint density at radius 2 is 2.00 bits per heavy atom. The summed E-state index contributed by atoms with van der Waals surface area (Å²) in [6.07, 6.45) is 2.06. The lowest BCUT2D eigenvalue weighted by atomic mass is 10.0. The molecule has 4 heteroatoms. The van der Waals surface area contributed by atoms with E-state index in [9.17, 15) is 4.79 Å². The van der Waals surface area contributed by atoms with Crippen LogP contribution in [-0.4, -0.2) is 24.1 Å². The summed E-state index contributed by atoms with van der Waals surface area (Å²) in [5, 5.41) is 2.75. The highest BCUT2D eigenvalue weighted by Gasteiger charge is 2.31. The Balaban J connectivity index is 1.98. The normalized spacial score (nSPS) is 21.4. The van der Waals surface area contributed by atoms with E-state index >= 15 is 0 Å². The Kier molecular flexibility index (Phi) is 5.37. The highest BCUT2D eigenvalue weighted by molar-refractivity contribution is 6.02. The number of hydrogen-bond acceptors (Lipinski definition) is 3. The second-order valence-corrected chi connectivity index (χ2v) is 5.91. The fourth-order valence-corrected chi connectivity index (χ4v) is 2.45. The van der Waals surface area contributed by atoms with Crippen LogP contribution in [0.5, 0.6) is 0 Å². The largest absolute Gasteiger partial charge is 0.451 e. The Morgan fingerprint density at radius 3 is 2.62 bits per heavy atom. The van der Waals surface area contributed by atoms with Crippen LogP contribution in [0.4, 0.5) is 0 Å². The molecule has 0 aromatic heterocycles. The van der Waals surface area contributed by atoms with E-state index < -0.39 is 6.10 Å². The van der Waals surface area contributed by atoms with Gasteiger partial charge in [-0.25, -0.2) is 4.99 Å². The quantitative estimate of drug-likeness (QED) is 0.875. The van der Waals surface area contributed by atoms with Crippen LogP contribution in [0.2, 0.25) is 0 Å². The molecule has 4 nitrogen and oxygen atoms in total. The fraction of sp³-hybridized carbons (Fsp3) is 0.529. The van der Waals surface area contributed by atoms with Gasteiger partial charge in [0.05, 0.1) is 6.04 Å². The lowest BCUT2D eigenvalue weighted by molar-refractivity contribution is -0.123. The molecule has 2 unspecified atom stereocenters. The van der Waals surface area contributed by atoms with E-state index in [0.29, 0.717) is 18.4 Å². The first kappa shape index (κ1) is 15.5. The van der Waals surface area contributed by atoms with Gasteiger partial charge in [0, 0.05) is 6.42 Å². The molecule has 1 fully saturated rings. The van der Waals surface area contributed by atoms with E-state index in [2.05, 4.69) is 31.1 Å². The minimum atomic E-state index is -0.470. The molecule has 1 aromatic rings. The third-order valence-electron chi connectivity index (χ3n) is 3.55. The van der Waals surface area contributed by atoms with Gasteiger partial charge in [0.1, 0.15) is 0 Å². The average molecular weight is 288 g/mol. The summed E-state index contributed by atoms with van der Waals surface area (Å²) in [4.78, 5) is 16.5. The number of nitrogens with one attached hydrogen (secondary N) is 1. The van der Waals surface area contributed by atoms with Gasteiger partial charge in [-0.3, -0.25) is 10.1 Å². The molecule has 0 spiro atoms. The molecule has 21 heavy (non-hydrogen) atoms. The number of carbonyl (C=O) groups is 1. The van der Waals surface area contributed by atoms with E-state index in [0.717, 1.165) is 18.4 Å². The predicted octanol–water partition coefficient (Wildman–Crippen LogP) is 2.92. The molecule has 2 atom stereocenters. The number of amidine groups is 1. The second kappa shape index (κ2) is 7.25. The molecule has 0 saturated carbocycles. The predicted molar refractivity (Wildman–Crippen MR) is 84.1 cm³/mol. The number of benzene rings is 1. The molecule has 0 radical (unpaired) electrons. The first-order valence-electron chi connectivity index (χ1n) is 7.67. The van der Waals surface area contributed by atoms with Crippen LogP contribution < -0.4 is 5.32 Å². The molecule has 114 valence electrons. The maximum Gasteiger partial charge on any atom is 0.292 e. The Morgan fingerprint density at radius 1 is 1.29 bits per heavy atom. The summed E-state index contributed by atoms with van der Waals surface area (Å²) >= 11 is 0. The number of amides is 1. The third kappa shape index (κ3) is 4.59. The summed E-state index contributed by atoms with van der Waals surface area (Å²) in [6, 6.07) is 10.5. The first-order valence-corrected chi connectivity index (χ1v) is 7.67. The van der Waals surface area contributed by atoms with Gasteiger partial charge in [-0.15, -0.1) is 0 Å². The average Bonchev–Trinajstić information content (AvgIpc) is 2.78. The molecule has 1 aliphatic heterocycles. The number of hydrogen-bond donors (Lipinski definition) is 1. The zero-order valence-corrected chi connectivity index (χ0v) is 13.0. The van der Waals surface area contributed by atoms with E-state index in [1.54, 1.807) is 0 Å². The topological polar surface area (TPSA) is 50.7 Å². The Bertz CT molecular complexity index is 497. The van der Waals surface area contributed by atoms with Gasteiger partial charge >= 0.3 is 0 Å². The van der Waals surface area contributed by atoms with Crippen LogP contribution in [0.15, 0.2) is 35.3 Å². The van der Waals surface area contributed by atoms with Crippen molar-refractivity contribution in [2.45, 2.75) is 52.2 Å². The van der Waals surface area contributed by atoms with Crippen molar-refractivity contribution < 1.29 is 9.53 Å². The molecule has 1 aliphatic rings. The van der Waals surface area contributed by atoms with E-state index in [-0.39, 0.29) is 11.9 Å². The van der Waals surface area contributed by atoms with Gasteiger partial charge in [0.25, 0.3) is 11.9 Å². The standard InChI is InChI=1S/C17H24N2O2/c1-4-14(10-12(2)3)18-17-19-16(20)15(21-17)11-13-8-6-5-7-9-13/h5-9,12,14-15H,4,10-11H2,1-3H3,(H,18,19,20). The molecular weight excluding hydrogens is 264 g/mol. The summed E-state index contributed by atoms with van der Waals surface area (Å²) < 4.78 is 5.68. The van der Waals surface area contributed by atoms with Gasteiger partial charge in [-0.1, -0.05) is 51.1 Å². The van der Waals surface area contributed by atoms with Gasteiger partial charge in [-0.05, 0) is 24.3 Å². The van der Waals surface area contributed by atoms with Gasteiger partial charge < -0.3 is 4.74 Å².